The molecule has 0 saturated heterocycles. The molecule has 0 saturated carbocycles. The Morgan fingerprint density at radius 2 is 1.63 bits per heavy atom. The molecule has 2 aromatic carbocycles. The van der Waals surface area contributed by atoms with E-state index in [-0.39, 0.29) is 0 Å². The molecule has 4 aromatic rings. The lowest BCUT2D eigenvalue weighted by molar-refractivity contribution is 0.355. The highest BCUT2D eigenvalue weighted by Gasteiger charge is 2.11. The lowest BCUT2D eigenvalue weighted by atomic mass is 10.1. The normalized spacial score (nSPS) is 10.8. The molecule has 0 N–H and O–H groups in total. The van der Waals surface area contributed by atoms with Crippen LogP contribution in [0.25, 0.3) is 22.6 Å². The largest absolute Gasteiger partial charge is 0.493 e. The van der Waals surface area contributed by atoms with E-state index in [4.69, 9.17) is 14.0 Å². The fourth-order valence-corrected chi connectivity index (χ4v) is 3.47. The van der Waals surface area contributed by atoms with Gasteiger partial charge in [-0.3, -0.25) is 0 Å². The van der Waals surface area contributed by atoms with E-state index < -0.39 is 0 Å². The third kappa shape index (κ3) is 4.44. The number of ether oxygens (including phenoxy) is 2. The summed E-state index contributed by atoms with van der Waals surface area (Å²) in [5.74, 6) is 2.97. The highest BCUT2D eigenvalue weighted by atomic mass is 32.2. The van der Waals surface area contributed by atoms with Gasteiger partial charge in [0.15, 0.2) is 11.5 Å². The zero-order valence-corrected chi connectivity index (χ0v) is 17.6. The molecule has 0 bridgehead atoms. The van der Waals surface area contributed by atoms with Gasteiger partial charge >= 0.3 is 0 Å². The number of aryl methyl sites for hydroxylation is 1. The zero-order chi connectivity index (χ0) is 20.9. The van der Waals surface area contributed by atoms with Crippen LogP contribution in [0.15, 0.2) is 64.1 Å². The van der Waals surface area contributed by atoms with Crippen LogP contribution in [0.3, 0.4) is 0 Å². The summed E-state index contributed by atoms with van der Waals surface area (Å²) in [5.41, 5.74) is 3.77. The number of methoxy groups -OCH3 is 2. The minimum Gasteiger partial charge on any atom is -0.493 e. The van der Waals surface area contributed by atoms with Gasteiger partial charge in [0.05, 0.1) is 25.7 Å². The number of hydrogen-bond acceptors (Lipinski definition) is 8. The second-order valence-corrected chi connectivity index (χ2v) is 7.49. The summed E-state index contributed by atoms with van der Waals surface area (Å²) in [6, 6.07) is 17.5. The molecule has 8 heteroatoms. The van der Waals surface area contributed by atoms with E-state index in [1.165, 1.54) is 17.3 Å². The molecule has 0 radical (unpaired) electrons. The summed E-state index contributed by atoms with van der Waals surface area (Å²) in [5, 5.41) is 13.4. The lowest BCUT2D eigenvalue weighted by Gasteiger charge is -2.09. The molecule has 7 nitrogen and oxygen atoms in total. The molecule has 0 aliphatic heterocycles. The lowest BCUT2D eigenvalue weighted by Crippen LogP contribution is -1.93. The SMILES string of the molecule is COc1ccc(-c2ccc(SCc3nc(-c4ccc(C)cc4)no3)nn2)cc1OC. The Hall–Kier alpha value is -3.39. The summed E-state index contributed by atoms with van der Waals surface area (Å²) >= 11 is 1.49. The molecule has 0 fully saturated rings. The van der Waals surface area contributed by atoms with Crippen molar-refractivity contribution in [1.82, 2.24) is 20.3 Å². The number of benzene rings is 2. The summed E-state index contributed by atoms with van der Waals surface area (Å²) in [6.45, 7) is 2.04. The maximum Gasteiger partial charge on any atom is 0.237 e. The molecule has 0 aliphatic rings. The Labute approximate surface area is 178 Å². The van der Waals surface area contributed by atoms with E-state index in [0.29, 0.717) is 29.0 Å². The second kappa shape index (κ2) is 8.96. The molecule has 2 aromatic heterocycles. The number of rotatable bonds is 7. The van der Waals surface area contributed by atoms with E-state index in [9.17, 15) is 0 Å². The molecule has 152 valence electrons. The number of aromatic nitrogens is 4. The number of nitrogens with zero attached hydrogens (tertiary/aromatic N) is 4. The van der Waals surface area contributed by atoms with Crippen LogP contribution in [0.1, 0.15) is 11.5 Å². The summed E-state index contributed by atoms with van der Waals surface area (Å²) < 4.78 is 16.0. The van der Waals surface area contributed by atoms with Crippen LogP contribution >= 0.6 is 11.8 Å². The Morgan fingerprint density at radius 3 is 2.33 bits per heavy atom. The third-order valence-corrected chi connectivity index (χ3v) is 5.35. The van der Waals surface area contributed by atoms with E-state index >= 15 is 0 Å². The summed E-state index contributed by atoms with van der Waals surface area (Å²) in [4.78, 5) is 4.45. The van der Waals surface area contributed by atoms with Gasteiger partial charge in [-0.2, -0.15) is 4.98 Å². The van der Waals surface area contributed by atoms with E-state index in [2.05, 4.69) is 20.3 Å². The monoisotopic (exact) mass is 420 g/mol. The topological polar surface area (TPSA) is 83.2 Å². The maximum absolute atomic E-state index is 5.36. The van der Waals surface area contributed by atoms with Gasteiger partial charge in [-0.05, 0) is 37.3 Å². The predicted octanol–water partition coefficient (Wildman–Crippen LogP) is 4.81. The Morgan fingerprint density at radius 1 is 0.867 bits per heavy atom. The molecule has 4 rings (SSSR count). The summed E-state index contributed by atoms with van der Waals surface area (Å²) in [7, 11) is 3.21. The second-order valence-electron chi connectivity index (χ2n) is 6.49. The smallest absolute Gasteiger partial charge is 0.237 e. The van der Waals surface area contributed by atoms with Gasteiger partial charge in [0.25, 0.3) is 0 Å². The predicted molar refractivity (Wildman–Crippen MR) is 115 cm³/mol. The molecule has 0 unspecified atom stereocenters. The Kier molecular flexibility index (Phi) is 5.94. The van der Waals surface area contributed by atoms with Gasteiger partial charge in [0.2, 0.25) is 11.7 Å². The van der Waals surface area contributed by atoms with Gasteiger partial charge < -0.3 is 14.0 Å². The van der Waals surface area contributed by atoms with Gasteiger partial charge in [0.1, 0.15) is 5.03 Å². The first-order valence-corrected chi connectivity index (χ1v) is 10.2. The van der Waals surface area contributed by atoms with Gasteiger partial charge in [0, 0.05) is 11.1 Å². The molecular weight excluding hydrogens is 400 g/mol. The first kappa shape index (κ1) is 19.9. The van der Waals surface area contributed by atoms with Gasteiger partial charge in [-0.25, -0.2) is 0 Å². The van der Waals surface area contributed by atoms with Crippen LogP contribution in [0.4, 0.5) is 0 Å². The van der Waals surface area contributed by atoms with Crippen molar-refractivity contribution >= 4 is 11.8 Å². The first-order chi connectivity index (χ1) is 14.7. The van der Waals surface area contributed by atoms with Crippen molar-refractivity contribution in [2.45, 2.75) is 17.7 Å². The molecule has 0 amide bonds. The van der Waals surface area contributed by atoms with Crippen molar-refractivity contribution in [1.29, 1.82) is 0 Å². The third-order valence-electron chi connectivity index (χ3n) is 4.44. The van der Waals surface area contributed by atoms with Crippen molar-refractivity contribution in [3.63, 3.8) is 0 Å². The standard InChI is InChI=1S/C22H20N4O3S/c1-14-4-6-15(7-5-14)22-23-20(29-26-22)13-30-21-11-9-17(24-25-21)16-8-10-18(27-2)19(12-16)28-3/h4-12H,13H2,1-3H3. The van der Waals surface area contributed by atoms with Crippen molar-refractivity contribution in [3.05, 3.63) is 66.1 Å². The van der Waals surface area contributed by atoms with Gasteiger partial charge in [-0.1, -0.05) is 46.7 Å². The molecule has 0 atom stereocenters. The number of thioether (sulfide) groups is 1. The van der Waals surface area contributed by atoms with Crippen LogP contribution in [-0.4, -0.2) is 34.6 Å². The highest BCUT2D eigenvalue weighted by Crippen LogP contribution is 2.32. The Bertz CT molecular complexity index is 1130. The van der Waals surface area contributed by atoms with Crippen LogP contribution < -0.4 is 9.47 Å². The average Bonchev–Trinajstić information content (AvgIpc) is 3.27. The molecule has 0 spiro atoms. The van der Waals surface area contributed by atoms with Crippen molar-refractivity contribution in [2.75, 3.05) is 14.2 Å². The van der Waals surface area contributed by atoms with E-state index in [1.807, 2.05) is 61.5 Å². The fourth-order valence-electron chi connectivity index (χ4n) is 2.82. The molecular formula is C22H20N4O3S. The van der Waals surface area contributed by atoms with E-state index in [1.54, 1.807) is 14.2 Å². The minimum atomic E-state index is 0.517. The Balaban J connectivity index is 1.41. The quantitative estimate of drug-likeness (QED) is 0.394. The molecule has 0 aliphatic carbocycles. The van der Waals surface area contributed by atoms with E-state index in [0.717, 1.165) is 21.8 Å². The highest BCUT2D eigenvalue weighted by molar-refractivity contribution is 7.98. The van der Waals surface area contributed by atoms with Crippen LogP contribution in [0.5, 0.6) is 11.5 Å². The maximum atomic E-state index is 5.36. The first-order valence-electron chi connectivity index (χ1n) is 9.25. The van der Waals surface area contributed by atoms with Gasteiger partial charge in [-0.15, -0.1) is 10.2 Å². The summed E-state index contributed by atoms with van der Waals surface area (Å²) in [6.07, 6.45) is 0. The molecule has 2 heterocycles. The average molecular weight is 420 g/mol. The number of hydrogen-bond donors (Lipinski definition) is 0. The fraction of sp³-hybridized carbons (Fsp3) is 0.182. The van der Waals surface area contributed by atoms with Crippen LogP contribution in [0, 0.1) is 6.92 Å². The van der Waals surface area contributed by atoms with Crippen molar-refractivity contribution in [3.8, 4) is 34.1 Å². The van der Waals surface area contributed by atoms with Crippen molar-refractivity contribution in [2.24, 2.45) is 0 Å². The minimum absolute atomic E-state index is 0.517. The van der Waals surface area contributed by atoms with Crippen LogP contribution in [-0.2, 0) is 5.75 Å². The zero-order valence-electron chi connectivity index (χ0n) is 16.8. The molecule has 30 heavy (non-hydrogen) atoms. The van der Waals surface area contributed by atoms with Crippen LogP contribution in [0.2, 0.25) is 0 Å². The van der Waals surface area contributed by atoms with Crippen molar-refractivity contribution < 1.29 is 14.0 Å².